The van der Waals surface area contributed by atoms with E-state index in [0.29, 0.717) is 29.7 Å². The highest BCUT2D eigenvalue weighted by Crippen LogP contribution is 2.27. The number of hydrogen-bond donors (Lipinski definition) is 0. The molecule has 6 heteroatoms. The second kappa shape index (κ2) is 5.59. The van der Waals surface area contributed by atoms with Crippen LogP contribution in [0.3, 0.4) is 0 Å². The summed E-state index contributed by atoms with van der Waals surface area (Å²) in [7, 11) is 0. The minimum atomic E-state index is 0.0646. The summed E-state index contributed by atoms with van der Waals surface area (Å²) in [6, 6.07) is 4.30. The Morgan fingerprint density at radius 3 is 2.91 bits per heavy atom. The number of piperidine rings is 1. The number of carbonyl (C=O) groups excluding carboxylic acids is 1. The van der Waals surface area contributed by atoms with E-state index in [1.165, 1.54) is 0 Å². The van der Waals surface area contributed by atoms with Gasteiger partial charge in [-0.1, -0.05) is 0 Å². The fraction of sp³-hybridized carbons (Fsp3) is 0.562. The summed E-state index contributed by atoms with van der Waals surface area (Å²) < 4.78 is 5.79. The van der Waals surface area contributed by atoms with Crippen LogP contribution in [0, 0.1) is 5.92 Å². The van der Waals surface area contributed by atoms with Crippen LogP contribution < -0.4 is 4.90 Å². The van der Waals surface area contributed by atoms with E-state index < -0.39 is 0 Å². The molecule has 2 aliphatic heterocycles. The lowest BCUT2D eigenvalue weighted by Gasteiger charge is -2.32. The van der Waals surface area contributed by atoms with Gasteiger partial charge in [0.15, 0.2) is 5.58 Å². The lowest BCUT2D eigenvalue weighted by atomic mass is 9.97. The van der Waals surface area contributed by atoms with Gasteiger partial charge >= 0.3 is 0 Å². The summed E-state index contributed by atoms with van der Waals surface area (Å²) in [5.41, 5.74) is 1.33. The summed E-state index contributed by atoms with van der Waals surface area (Å²) in [6.07, 6.45) is 5.95. The van der Waals surface area contributed by atoms with Gasteiger partial charge in [0.2, 0.25) is 11.6 Å². The van der Waals surface area contributed by atoms with Crippen molar-refractivity contribution in [3.8, 4) is 0 Å². The van der Waals surface area contributed by atoms with Gasteiger partial charge in [0.05, 0.1) is 5.92 Å². The van der Waals surface area contributed by atoms with Crippen molar-refractivity contribution in [2.24, 2.45) is 5.92 Å². The molecule has 0 saturated carbocycles. The van der Waals surface area contributed by atoms with Gasteiger partial charge in [0.25, 0.3) is 6.01 Å². The number of pyridine rings is 1. The Balaban J connectivity index is 1.51. The van der Waals surface area contributed by atoms with E-state index in [0.717, 1.165) is 45.3 Å². The van der Waals surface area contributed by atoms with Crippen LogP contribution in [0.5, 0.6) is 0 Å². The van der Waals surface area contributed by atoms with Gasteiger partial charge in [0.1, 0.15) is 0 Å². The summed E-state index contributed by atoms with van der Waals surface area (Å²) in [4.78, 5) is 25.3. The molecule has 0 N–H and O–H groups in total. The molecule has 2 fully saturated rings. The fourth-order valence-corrected chi connectivity index (χ4v) is 3.44. The van der Waals surface area contributed by atoms with Crippen molar-refractivity contribution in [3.05, 3.63) is 18.3 Å². The monoisotopic (exact) mass is 300 g/mol. The summed E-state index contributed by atoms with van der Waals surface area (Å²) in [6.45, 7) is 3.42. The molecule has 22 heavy (non-hydrogen) atoms. The molecule has 6 nitrogen and oxygen atoms in total. The average Bonchev–Trinajstić information content (AvgIpc) is 3.23. The average molecular weight is 300 g/mol. The first-order chi connectivity index (χ1) is 10.8. The van der Waals surface area contributed by atoms with Crippen molar-refractivity contribution >= 4 is 23.2 Å². The third-order valence-electron chi connectivity index (χ3n) is 4.61. The Bertz CT molecular complexity index is 645. The molecule has 2 aromatic heterocycles. The molecule has 4 heterocycles. The van der Waals surface area contributed by atoms with Crippen LogP contribution >= 0.6 is 0 Å². The molecule has 0 spiro atoms. The van der Waals surface area contributed by atoms with Crippen molar-refractivity contribution in [3.63, 3.8) is 0 Å². The third-order valence-corrected chi connectivity index (χ3v) is 4.61. The molecule has 1 amide bonds. The highest BCUT2D eigenvalue weighted by Gasteiger charge is 2.32. The lowest BCUT2D eigenvalue weighted by molar-refractivity contribution is -0.134. The molecule has 0 bridgehead atoms. The van der Waals surface area contributed by atoms with E-state index in [2.05, 4.69) is 14.9 Å². The van der Waals surface area contributed by atoms with Crippen LogP contribution in [0.15, 0.2) is 22.7 Å². The first-order valence-corrected chi connectivity index (χ1v) is 8.06. The smallest absolute Gasteiger partial charge is 0.299 e. The van der Waals surface area contributed by atoms with Gasteiger partial charge in [-0.2, -0.15) is 4.98 Å². The Labute approximate surface area is 129 Å². The quantitative estimate of drug-likeness (QED) is 0.849. The SMILES string of the molecule is O=C(C1CCCN(c2nc3ncccc3o2)C1)N1CCCC1. The lowest BCUT2D eigenvalue weighted by Crippen LogP contribution is -2.44. The molecule has 1 atom stereocenters. The predicted octanol–water partition coefficient (Wildman–Crippen LogP) is 2.06. The fourth-order valence-electron chi connectivity index (χ4n) is 3.44. The third kappa shape index (κ3) is 2.42. The highest BCUT2D eigenvalue weighted by molar-refractivity contribution is 5.80. The number of amides is 1. The zero-order chi connectivity index (χ0) is 14.9. The van der Waals surface area contributed by atoms with Gasteiger partial charge < -0.3 is 14.2 Å². The number of anilines is 1. The van der Waals surface area contributed by atoms with Crippen LogP contribution in [0.1, 0.15) is 25.7 Å². The molecule has 1 unspecified atom stereocenters. The molecule has 2 aliphatic rings. The summed E-state index contributed by atoms with van der Waals surface area (Å²) in [5.74, 6) is 0.367. The first-order valence-electron chi connectivity index (χ1n) is 8.06. The van der Waals surface area contributed by atoms with E-state index in [4.69, 9.17) is 4.42 Å². The Morgan fingerprint density at radius 2 is 2.09 bits per heavy atom. The largest absolute Gasteiger partial charge is 0.422 e. The standard InChI is InChI=1S/C16H20N4O2/c21-15(19-8-1-2-9-19)12-5-4-10-20(11-12)16-18-14-13(22-16)6-3-7-17-14/h3,6-7,12H,1-2,4-5,8-11H2. The van der Waals surface area contributed by atoms with Crippen LogP contribution in [-0.2, 0) is 4.79 Å². The Hall–Kier alpha value is -2.11. The van der Waals surface area contributed by atoms with Crippen LogP contribution in [-0.4, -0.2) is 47.0 Å². The molecule has 4 rings (SSSR count). The molecule has 0 aromatic carbocycles. The van der Waals surface area contributed by atoms with E-state index in [-0.39, 0.29) is 5.92 Å². The van der Waals surface area contributed by atoms with Gasteiger partial charge in [-0.3, -0.25) is 4.79 Å². The van der Waals surface area contributed by atoms with Gasteiger partial charge in [-0.25, -0.2) is 4.98 Å². The number of likely N-dealkylation sites (tertiary alicyclic amines) is 1. The number of rotatable bonds is 2. The van der Waals surface area contributed by atoms with Gasteiger partial charge in [-0.05, 0) is 37.8 Å². The van der Waals surface area contributed by atoms with Crippen molar-refractivity contribution in [1.29, 1.82) is 0 Å². The zero-order valence-corrected chi connectivity index (χ0v) is 12.6. The van der Waals surface area contributed by atoms with Crippen molar-refractivity contribution < 1.29 is 9.21 Å². The van der Waals surface area contributed by atoms with E-state index in [1.807, 2.05) is 17.0 Å². The minimum Gasteiger partial charge on any atom is -0.422 e. The van der Waals surface area contributed by atoms with E-state index in [1.54, 1.807) is 6.20 Å². The number of fused-ring (bicyclic) bond motifs is 1. The topological polar surface area (TPSA) is 62.5 Å². The van der Waals surface area contributed by atoms with Crippen LogP contribution in [0.4, 0.5) is 6.01 Å². The van der Waals surface area contributed by atoms with Gasteiger partial charge in [0, 0.05) is 32.4 Å². The Morgan fingerprint density at radius 1 is 1.23 bits per heavy atom. The predicted molar refractivity (Wildman–Crippen MR) is 82.6 cm³/mol. The van der Waals surface area contributed by atoms with Crippen LogP contribution in [0.25, 0.3) is 11.2 Å². The molecular formula is C16H20N4O2. The zero-order valence-electron chi connectivity index (χ0n) is 12.6. The molecule has 116 valence electrons. The second-order valence-corrected chi connectivity index (χ2v) is 6.14. The van der Waals surface area contributed by atoms with E-state index in [9.17, 15) is 4.79 Å². The van der Waals surface area contributed by atoms with Crippen molar-refractivity contribution in [1.82, 2.24) is 14.9 Å². The van der Waals surface area contributed by atoms with Crippen LogP contribution in [0.2, 0.25) is 0 Å². The molecule has 0 aliphatic carbocycles. The second-order valence-electron chi connectivity index (χ2n) is 6.14. The molecule has 2 aromatic rings. The maximum atomic E-state index is 12.6. The first kappa shape index (κ1) is 13.5. The van der Waals surface area contributed by atoms with Gasteiger partial charge in [-0.15, -0.1) is 0 Å². The molecule has 0 radical (unpaired) electrons. The number of carbonyl (C=O) groups is 1. The highest BCUT2D eigenvalue weighted by atomic mass is 16.4. The minimum absolute atomic E-state index is 0.0646. The number of nitrogens with zero attached hydrogens (tertiary/aromatic N) is 4. The van der Waals surface area contributed by atoms with Crippen molar-refractivity contribution in [2.45, 2.75) is 25.7 Å². The maximum Gasteiger partial charge on any atom is 0.299 e. The normalized spacial score (nSPS) is 22.5. The number of oxazole rings is 1. The van der Waals surface area contributed by atoms with E-state index >= 15 is 0 Å². The molecular weight excluding hydrogens is 280 g/mol. The summed E-state index contributed by atoms with van der Waals surface area (Å²) in [5, 5.41) is 0. The van der Waals surface area contributed by atoms with Crippen molar-refractivity contribution in [2.75, 3.05) is 31.1 Å². The summed E-state index contributed by atoms with van der Waals surface area (Å²) >= 11 is 0. The maximum absolute atomic E-state index is 12.6. The number of aromatic nitrogens is 2. The Kier molecular flexibility index (Phi) is 3.44. The number of hydrogen-bond acceptors (Lipinski definition) is 5. The molecule has 2 saturated heterocycles.